The standard InChI is InChI=1S/C8H20N3/c1-10-6-4-8(5-7-10)11(2,3)9/h8H,4-7,9H2,1-3H3/q+1. The zero-order valence-electron chi connectivity index (χ0n) is 7.88. The second-order valence-electron chi connectivity index (χ2n) is 4.16. The number of piperidine rings is 1. The van der Waals surface area contributed by atoms with Gasteiger partial charge in [-0.25, -0.2) is 0 Å². The van der Waals surface area contributed by atoms with Gasteiger partial charge in [0.2, 0.25) is 0 Å². The van der Waals surface area contributed by atoms with Crippen molar-refractivity contribution in [3.05, 3.63) is 0 Å². The average molecular weight is 158 g/mol. The van der Waals surface area contributed by atoms with Gasteiger partial charge in [-0.2, -0.15) is 5.84 Å². The molecule has 0 aliphatic carbocycles. The molecular weight excluding hydrogens is 138 g/mol. The number of hydrogen-bond donors (Lipinski definition) is 1. The molecule has 2 N–H and O–H groups in total. The van der Waals surface area contributed by atoms with E-state index in [1.807, 2.05) is 0 Å². The number of hydrogen-bond acceptors (Lipinski definition) is 2. The molecule has 0 saturated carbocycles. The lowest BCUT2D eigenvalue weighted by Gasteiger charge is -2.37. The van der Waals surface area contributed by atoms with E-state index in [4.69, 9.17) is 5.84 Å². The minimum atomic E-state index is 0.633. The molecule has 0 aromatic carbocycles. The molecular formula is C8H20N3+. The lowest BCUT2D eigenvalue weighted by Crippen LogP contribution is -2.57. The van der Waals surface area contributed by atoms with Crippen LogP contribution in [0.5, 0.6) is 0 Å². The Hall–Kier alpha value is -0.120. The Morgan fingerprint density at radius 3 is 2.09 bits per heavy atom. The van der Waals surface area contributed by atoms with E-state index in [2.05, 4.69) is 26.0 Å². The summed E-state index contributed by atoms with van der Waals surface area (Å²) in [5, 5.41) is 0. The van der Waals surface area contributed by atoms with Gasteiger partial charge in [0.1, 0.15) is 6.04 Å². The summed E-state index contributed by atoms with van der Waals surface area (Å²) in [4.78, 5) is 2.37. The Morgan fingerprint density at radius 1 is 1.27 bits per heavy atom. The predicted molar refractivity (Wildman–Crippen MR) is 46.8 cm³/mol. The van der Waals surface area contributed by atoms with Crippen LogP contribution in [-0.4, -0.2) is 49.8 Å². The first kappa shape index (κ1) is 8.97. The van der Waals surface area contributed by atoms with Gasteiger partial charge in [0, 0.05) is 25.9 Å². The molecule has 66 valence electrons. The van der Waals surface area contributed by atoms with Gasteiger partial charge in [0.05, 0.1) is 14.1 Å². The summed E-state index contributed by atoms with van der Waals surface area (Å²) < 4.78 is 0.633. The zero-order valence-corrected chi connectivity index (χ0v) is 7.88. The minimum Gasteiger partial charge on any atom is -0.306 e. The summed E-state index contributed by atoms with van der Waals surface area (Å²) in [6, 6.07) is 0.659. The van der Waals surface area contributed by atoms with Gasteiger partial charge in [-0.15, -0.1) is 0 Å². The van der Waals surface area contributed by atoms with Crippen molar-refractivity contribution in [1.29, 1.82) is 0 Å². The largest absolute Gasteiger partial charge is 0.306 e. The number of rotatable bonds is 1. The monoisotopic (exact) mass is 158 g/mol. The first-order chi connectivity index (χ1) is 5.00. The summed E-state index contributed by atoms with van der Waals surface area (Å²) in [7, 11) is 6.33. The number of nitrogens with two attached hydrogens (primary N) is 1. The van der Waals surface area contributed by atoms with Gasteiger partial charge < -0.3 is 4.90 Å². The molecule has 0 atom stereocenters. The highest BCUT2D eigenvalue weighted by Crippen LogP contribution is 2.15. The van der Waals surface area contributed by atoms with Crippen LogP contribution in [0, 0.1) is 0 Å². The summed E-state index contributed by atoms with van der Waals surface area (Å²) >= 11 is 0. The molecule has 3 nitrogen and oxygen atoms in total. The molecule has 0 aromatic rings. The maximum absolute atomic E-state index is 5.97. The lowest BCUT2D eigenvalue weighted by atomic mass is 10.0. The minimum absolute atomic E-state index is 0.633. The summed E-state index contributed by atoms with van der Waals surface area (Å²) in [5.74, 6) is 5.97. The van der Waals surface area contributed by atoms with Crippen LogP contribution in [0.2, 0.25) is 0 Å². The topological polar surface area (TPSA) is 29.3 Å². The fraction of sp³-hybridized carbons (Fsp3) is 1.00. The van der Waals surface area contributed by atoms with Crippen molar-refractivity contribution in [2.45, 2.75) is 18.9 Å². The van der Waals surface area contributed by atoms with E-state index >= 15 is 0 Å². The number of likely N-dealkylation sites (tertiary alicyclic amines) is 1. The molecule has 1 aliphatic rings. The Balaban J connectivity index is 2.39. The summed E-state index contributed by atoms with van der Waals surface area (Å²) in [6.07, 6.45) is 2.47. The van der Waals surface area contributed by atoms with Gasteiger partial charge in [0.15, 0.2) is 0 Å². The highest BCUT2D eigenvalue weighted by Gasteiger charge is 2.28. The van der Waals surface area contributed by atoms with E-state index in [0.717, 1.165) is 0 Å². The molecule has 1 fully saturated rings. The fourth-order valence-electron chi connectivity index (χ4n) is 1.66. The predicted octanol–water partition coefficient (Wildman–Crippen LogP) is 0.0307. The van der Waals surface area contributed by atoms with E-state index in [1.54, 1.807) is 0 Å². The Kier molecular flexibility index (Phi) is 2.52. The van der Waals surface area contributed by atoms with Crippen LogP contribution in [0.1, 0.15) is 12.8 Å². The van der Waals surface area contributed by atoms with Gasteiger partial charge in [0.25, 0.3) is 0 Å². The zero-order chi connectivity index (χ0) is 8.48. The number of nitrogens with zero attached hydrogens (tertiary/aromatic N) is 2. The van der Waals surface area contributed by atoms with Crippen LogP contribution in [0.4, 0.5) is 0 Å². The molecule has 0 unspecified atom stereocenters. The fourth-order valence-corrected chi connectivity index (χ4v) is 1.66. The van der Waals surface area contributed by atoms with Crippen molar-refractivity contribution in [3.63, 3.8) is 0 Å². The highest BCUT2D eigenvalue weighted by molar-refractivity contribution is 4.69. The Morgan fingerprint density at radius 2 is 1.73 bits per heavy atom. The molecule has 0 spiro atoms. The van der Waals surface area contributed by atoms with Crippen LogP contribution in [0.15, 0.2) is 0 Å². The quantitative estimate of drug-likeness (QED) is 0.331. The molecule has 0 bridgehead atoms. The van der Waals surface area contributed by atoms with Crippen LogP contribution in [0.3, 0.4) is 0 Å². The van der Waals surface area contributed by atoms with Gasteiger partial charge in [-0.1, -0.05) is 0 Å². The van der Waals surface area contributed by atoms with Crippen molar-refractivity contribution in [2.24, 2.45) is 5.84 Å². The number of quaternary nitrogens is 1. The highest BCUT2D eigenvalue weighted by atomic mass is 15.6. The molecule has 3 heteroatoms. The van der Waals surface area contributed by atoms with Crippen LogP contribution in [-0.2, 0) is 0 Å². The van der Waals surface area contributed by atoms with E-state index in [1.165, 1.54) is 25.9 Å². The van der Waals surface area contributed by atoms with Crippen molar-refractivity contribution < 1.29 is 4.59 Å². The maximum atomic E-state index is 5.97. The van der Waals surface area contributed by atoms with Gasteiger partial charge in [-0.05, 0) is 7.05 Å². The van der Waals surface area contributed by atoms with Crippen LogP contribution < -0.4 is 5.84 Å². The third-order valence-corrected chi connectivity index (χ3v) is 2.63. The maximum Gasteiger partial charge on any atom is 0.108 e. The Bertz CT molecular complexity index is 120. The third kappa shape index (κ3) is 2.43. The van der Waals surface area contributed by atoms with E-state index in [9.17, 15) is 0 Å². The molecule has 11 heavy (non-hydrogen) atoms. The molecule has 0 amide bonds. The average Bonchev–Trinajstić information content (AvgIpc) is 1.86. The molecule has 0 aromatic heterocycles. The van der Waals surface area contributed by atoms with Crippen LogP contribution >= 0.6 is 0 Å². The third-order valence-electron chi connectivity index (χ3n) is 2.63. The SMILES string of the molecule is CN1CCC([N+](C)(C)N)CC1. The van der Waals surface area contributed by atoms with E-state index in [0.29, 0.717) is 10.6 Å². The second kappa shape index (κ2) is 3.09. The molecule has 0 radical (unpaired) electrons. The van der Waals surface area contributed by atoms with Crippen molar-refractivity contribution >= 4 is 0 Å². The molecule has 1 rings (SSSR count). The molecule has 1 saturated heterocycles. The molecule has 1 heterocycles. The lowest BCUT2D eigenvalue weighted by molar-refractivity contribution is -0.928. The van der Waals surface area contributed by atoms with E-state index in [-0.39, 0.29) is 0 Å². The van der Waals surface area contributed by atoms with Crippen molar-refractivity contribution in [1.82, 2.24) is 4.90 Å². The van der Waals surface area contributed by atoms with Crippen molar-refractivity contribution in [3.8, 4) is 0 Å². The van der Waals surface area contributed by atoms with E-state index < -0.39 is 0 Å². The smallest absolute Gasteiger partial charge is 0.108 e. The second-order valence-corrected chi connectivity index (χ2v) is 4.16. The Labute approximate surface area is 69.3 Å². The normalized spacial score (nSPS) is 24.0. The first-order valence-electron chi connectivity index (χ1n) is 4.31. The van der Waals surface area contributed by atoms with Gasteiger partial charge >= 0.3 is 0 Å². The van der Waals surface area contributed by atoms with Crippen molar-refractivity contribution in [2.75, 3.05) is 34.2 Å². The van der Waals surface area contributed by atoms with Crippen LogP contribution in [0.25, 0.3) is 0 Å². The molecule has 1 aliphatic heterocycles. The van der Waals surface area contributed by atoms with Gasteiger partial charge in [-0.3, -0.25) is 4.59 Å². The summed E-state index contributed by atoms with van der Waals surface area (Å²) in [5.41, 5.74) is 0. The first-order valence-corrected chi connectivity index (χ1v) is 4.31. The summed E-state index contributed by atoms with van der Waals surface area (Å²) in [6.45, 7) is 2.40.